The van der Waals surface area contributed by atoms with Gasteiger partial charge in [0.1, 0.15) is 11.3 Å². The van der Waals surface area contributed by atoms with E-state index >= 15 is 0 Å². The second kappa shape index (κ2) is 9.33. The number of carbonyl (C=O) groups is 1. The van der Waals surface area contributed by atoms with E-state index in [4.69, 9.17) is 21.1 Å². The minimum absolute atomic E-state index is 0. The van der Waals surface area contributed by atoms with Crippen LogP contribution in [0.3, 0.4) is 0 Å². The summed E-state index contributed by atoms with van der Waals surface area (Å²) in [4.78, 5) is 12.4. The number of ether oxygens (including phenoxy) is 2. The molecule has 0 spiro atoms. The van der Waals surface area contributed by atoms with Gasteiger partial charge in [0.2, 0.25) is 0 Å². The third kappa shape index (κ3) is 4.93. The first-order chi connectivity index (χ1) is 8.92. The van der Waals surface area contributed by atoms with Crippen LogP contribution in [-0.2, 0) is 0 Å². The zero-order chi connectivity index (χ0) is 14.6. The van der Waals surface area contributed by atoms with Gasteiger partial charge in [-0.1, -0.05) is 25.4 Å². The molecule has 1 rings (SSSR count). The van der Waals surface area contributed by atoms with Crippen LogP contribution in [0.5, 0.6) is 11.5 Å². The molecule has 0 aliphatic rings. The van der Waals surface area contributed by atoms with Crippen molar-refractivity contribution in [3.8, 4) is 11.5 Å². The molecule has 1 unspecified atom stereocenters. The molecule has 1 aromatic carbocycles. The number of methoxy groups -OCH3 is 2. The van der Waals surface area contributed by atoms with Crippen LogP contribution in [0.2, 0.25) is 5.02 Å². The third-order valence-electron chi connectivity index (χ3n) is 2.45. The van der Waals surface area contributed by atoms with Gasteiger partial charge in [0.15, 0.2) is 11.3 Å². The first-order valence-electron chi connectivity index (χ1n) is 5.80. The van der Waals surface area contributed by atoms with Gasteiger partial charge < -0.3 is 9.47 Å². The van der Waals surface area contributed by atoms with E-state index in [-0.39, 0.29) is 33.0 Å². The molecular formula is C13H17BrClLiO3P. The summed E-state index contributed by atoms with van der Waals surface area (Å²) in [5.41, 5.74) is 0.425. The summed E-state index contributed by atoms with van der Waals surface area (Å²) in [6, 6.07) is 1.67. The molecule has 0 bridgehead atoms. The van der Waals surface area contributed by atoms with Crippen molar-refractivity contribution >= 4 is 60.5 Å². The Labute approximate surface area is 147 Å². The predicted octanol–water partition coefficient (Wildman–Crippen LogP) is 4.21. The van der Waals surface area contributed by atoms with Crippen molar-refractivity contribution < 1.29 is 14.3 Å². The fourth-order valence-electron chi connectivity index (χ4n) is 1.57. The van der Waals surface area contributed by atoms with Gasteiger partial charge in [0.05, 0.1) is 23.7 Å². The van der Waals surface area contributed by atoms with E-state index in [0.717, 1.165) is 6.16 Å². The summed E-state index contributed by atoms with van der Waals surface area (Å²) in [6.45, 7) is 4.17. The molecule has 1 radical (unpaired) electrons. The molecular weight excluding hydrogens is 357 g/mol. The van der Waals surface area contributed by atoms with Gasteiger partial charge in [-0.3, -0.25) is 4.79 Å². The van der Waals surface area contributed by atoms with Crippen molar-refractivity contribution in [3.05, 3.63) is 21.1 Å². The molecule has 1 atom stereocenters. The topological polar surface area (TPSA) is 35.5 Å². The fourth-order valence-corrected chi connectivity index (χ4v) is 3.57. The minimum atomic E-state index is 0. The molecule has 0 aliphatic heterocycles. The third-order valence-corrected chi connectivity index (χ3v) is 4.91. The molecule has 0 fully saturated rings. The summed E-state index contributed by atoms with van der Waals surface area (Å²) in [5.74, 6) is 1.33. The van der Waals surface area contributed by atoms with Crippen LogP contribution in [0, 0.1) is 5.92 Å². The Morgan fingerprint density at radius 2 is 1.90 bits per heavy atom. The maximum atomic E-state index is 12.4. The largest absolute Gasteiger partial charge is 0.495 e. The van der Waals surface area contributed by atoms with Gasteiger partial charge in [0.25, 0.3) is 0 Å². The van der Waals surface area contributed by atoms with Gasteiger partial charge in [-0.05, 0) is 42.7 Å². The Morgan fingerprint density at radius 3 is 2.35 bits per heavy atom. The van der Waals surface area contributed by atoms with Crippen LogP contribution < -0.4 is 9.47 Å². The maximum Gasteiger partial charge on any atom is 0.188 e. The summed E-state index contributed by atoms with van der Waals surface area (Å²) < 4.78 is 11.2. The van der Waals surface area contributed by atoms with Gasteiger partial charge in [0, 0.05) is 18.9 Å². The summed E-state index contributed by atoms with van der Waals surface area (Å²) in [5, 5.41) is 0.396. The summed E-state index contributed by atoms with van der Waals surface area (Å²) in [6.07, 6.45) is 0.843. The van der Waals surface area contributed by atoms with Gasteiger partial charge in [-0.15, -0.1) is 0 Å². The SMILES string of the molecule is COc1c(Cl)cc(Br)c(OC)c1C(=O)PCC(C)C.[Li]. The average molecular weight is 375 g/mol. The Balaban J connectivity index is 0.00000361. The van der Waals surface area contributed by atoms with Crippen molar-refractivity contribution in [2.45, 2.75) is 13.8 Å². The Hall–Kier alpha value is 0.287. The molecule has 107 valence electrons. The van der Waals surface area contributed by atoms with Crippen LogP contribution >= 0.6 is 36.1 Å². The quantitative estimate of drug-likeness (QED) is 0.553. The summed E-state index contributed by atoms with van der Waals surface area (Å²) >= 11 is 9.47. The van der Waals surface area contributed by atoms with E-state index in [9.17, 15) is 4.79 Å². The zero-order valence-corrected chi connectivity index (χ0v) is 15.7. The average Bonchev–Trinajstić information content (AvgIpc) is 2.35. The van der Waals surface area contributed by atoms with Crippen molar-refractivity contribution in [2.24, 2.45) is 5.92 Å². The molecule has 0 aromatic heterocycles. The van der Waals surface area contributed by atoms with Crippen LogP contribution in [0.4, 0.5) is 0 Å². The standard InChI is InChI=1S/C13H17BrClO3P.Li/c1-7(2)6-19-13(16)10-11(17-3)8(14)5-9(15)12(10)18-4;/h5,7,19H,6H2,1-4H3;. The molecule has 3 nitrogen and oxygen atoms in total. The molecule has 1 aromatic rings. The first-order valence-corrected chi connectivity index (χ1v) is 8.18. The number of hydrogen-bond acceptors (Lipinski definition) is 3. The molecule has 0 saturated carbocycles. The van der Waals surface area contributed by atoms with E-state index < -0.39 is 0 Å². The van der Waals surface area contributed by atoms with Gasteiger partial charge in [-0.2, -0.15) is 0 Å². The Morgan fingerprint density at radius 1 is 1.35 bits per heavy atom. The molecule has 0 saturated heterocycles. The fraction of sp³-hybridized carbons (Fsp3) is 0.462. The molecule has 0 aliphatic carbocycles. The van der Waals surface area contributed by atoms with E-state index in [1.165, 1.54) is 14.2 Å². The van der Waals surface area contributed by atoms with Crippen LogP contribution in [0.15, 0.2) is 10.5 Å². The smallest absolute Gasteiger partial charge is 0.188 e. The normalized spacial score (nSPS) is 10.8. The van der Waals surface area contributed by atoms with E-state index in [0.29, 0.717) is 32.5 Å². The molecule has 20 heavy (non-hydrogen) atoms. The molecule has 0 heterocycles. The van der Waals surface area contributed by atoms with Crippen LogP contribution in [-0.4, -0.2) is 44.8 Å². The monoisotopic (exact) mass is 373 g/mol. The molecule has 7 heteroatoms. The van der Waals surface area contributed by atoms with E-state index in [2.05, 4.69) is 29.8 Å². The maximum absolute atomic E-state index is 12.4. The number of benzene rings is 1. The number of carbonyl (C=O) groups excluding carboxylic acids is 1. The van der Waals surface area contributed by atoms with Gasteiger partial charge >= 0.3 is 0 Å². The molecule has 0 N–H and O–H groups in total. The van der Waals surface area contributed by atoms with Crippen molar-refractivity contribution in [2.75, 3.05) is 20.4 Å². The van der Waals surface area contributed by atoms with Crippen molar-refractivity contribution in [1.82, 2.24) is 0 Å². The van der Waals surface area contributed by atoms with Gasteiger partial charge in [-0.25, -0.2) is 0 Å². The summed E-state index contributed by atoms with van der Waals surface area (Å²) in [7, 11) is 3.20. The second-order valence-corrected chi connectivity index (χ2v) is 6.86. The van der Waals surface area contributed by atoms with Crippen LogP contribution in [0.1, 0.15) is 24.2 Å². The first kappa shape index (κ1) is 20.3. The predicted molar refractivity (Wildman–Crippen MR) is 90.4 cm³/mol. The van der Waals surface area contributed by atoms with E-state index in [1.54, 1.807) is 6.07 Å². The Bertz CT molecular complexity index is 455. The molecule has 0 amide bonds. The van der Waals surface area contributed by atoms with E-state index in [1.807, 2.05) is 0 Å². The van der Waals surface area contributed by atoms with Crippen molar-refractivity contribution in [3.63, 3.8) is 0 Å². The van der Waals surface area contributed by atoms with Crippen LogP contribution in [0.25, 0.3) is 0 Å². The number of rotatable bonds is 6. The minimum Gasteiger partial charge on any atom is -0.495 e. The number of hydrogen-bond donors (Lipinski definition) is 0. The Kier molecular flexibility index (Phi) is 9.47. The zero-order valence-electron chi connectivity index (χ0n) is 12.3. The second-order valence-electron chi connectivity index (χ2n) is 4.39. The number of halogens is 2. The van der Waals surface area contributed by atoms with Crippen molar-refractivity contribution in [1.29, 1.82) is 0 Å².